The van der Waals surface area contributed by atoms with E-state index >= 15 is 0 Å². The number of nitrogens with one attached hydrogen (secondary N) is 1. The Morgan fingerprint density at radius 1 is 1.40 bits per heavy atom. The lowest BCUT2D eigenvalue weighted by Gasteiger charge is -1.92. The molecule has 0 spiro atoms. The number of hydrogen-bond acceptors (Lipinski definition) is 2. The molecule has 0 bridgehead atoms. The second-order valence-corrected chi connectivity index (χ2v) is 3.10. The van der Waals surface area contributed by atoms with Crippen LogP contribution in [0.3, 0.4) is 0 Å². The largest absolute Gasteiger partial charge is 0.375 e. The van der Waals surface area contributed by atoms with E-state index in [9.17, 15) is 4.39 Å². The van der Waals surface area contributed by atoms with Crippen LogP contribution in [0, 0.1) is 5.82 Å². The molecule has 0 aliphatic rings. The molecule has 0 atom stereocenters. The van der Waals surface area contributed by atoms with Gasteiger partial charge in [0.25, 0.3) is 0 Å². The molecule has 3 N–H and O–H groups in total. The van der Waals surface area contributed by atoms with Crippen LogP contribution in [0.25, 0.3) is 6.08 Å². The Labute approximate surface area is 92.5 Å². The minimum Gasteiger partial charge on any atom is -0.375 e. The van der Waals surface area contributed by atoms with Crippen molar-refractivity contribution in [3.8, 4) is 0 Å². The summed E-state index contributed by atoms with van der Waals surface area (Å²) in [5.74, 6) is -0.254. The lowest BCUT2D eigenvalue weighted by Crippen LogP contribution is -2.23. The number of benzene rings is 1. The van der Waals surface area contributed by atoms with Gasteiger partial charge in [-0.15, -0.1) is 0 Å². The summed E-state index contributed by atoms with van der Waals surface area (Å²) in [6, 6.07) is 6.12. The quantitative estimate of drug-likeness (QED) is 0.465. The summed E-state index contributed by atoms with van der Waals surface area (Å²) >= 11 is 4.54. The van der Waals surface area contributed by atoms with E-state index in [1.165, 1.54) is 18.3 Å². The number of nitrogens with two attached hydrogens (primary N) is 1. The predicted octanol–water partition coefficient (Wildman–Crippen LogP) is 1.66. The van der Waals surface area contributed by atoms with Gasteiger partial charge in [0.05, 0.1) is 0 Å². The van der Waals surface area contributed by atoms with Crippen LogP contribution in [0.15, 0.2) is 35.4 Å². The highest BCUT2D eigenvalue weighted by atomic mass is 32.1. The Morgan fingerprint density at radius 3 is 2.67 bits per heavy atom. The lowest BCUT2D eigenvalue weighted by atomic mass is 10.2. The Hall–Kier alpha value is -1.75. The second kappa shape index (κ2) is 5.87. The fraction of sp³-hybridized carbons (Fsp3) is 0. The van der Waals surface area contributed by atoms with E-state index in [2.05, 4.69) is 22.7 Å². The maximum Gasteiger partial charge on any atom is 0.184 e. The second-order valence-electron chi connectivity index (χ2n) is 2.66. The molecule has 0 fully saturated rings. The summed E-state index contributed by atoms with van der Waals surface area (Å²) < 4.78 is 12.5. The number of nitrogens with zero attached hydrogens (tertiary/aromatic N) is 1. The minimum atomic E-state index is -0.254. The van der Waals surface area contributed by atoms with E-state index in [-0.39, 0.29) is 10.9 Å². The third-order valence-corrected chi connectivity index (χ3v) is 1.59. The molecule has 0 radical (unpaired) electrons. The normalized spacial score (nSPS) is 11.0. The molecule has 0 amide bonds. The summed E-state index contributed by atoms with van der Waals surface area (Å²) in [5.41, 5.74) is 8.44. The fourth-order valence-corrected chi connectivity index (χ4v) is 0.925. The van der Waals surface area contributed by atoms with Crippen LogP contribution >= 0.6 is 12.2 Å². The van der Waals surface area contributed by atoms with Crippen LogP contribution in [-0.4, -0.2) is 11.3 Å². The first-order valence-electron chi connectivity index (χ1n) is 4.19. The zero-order valence-corrected chi connectivity index (χ0v) is 8.67. The molecule has 78 valence electrons. The van der Waals surface area contributed by atoms with Crippen LogP contribution in [0.4, 0.5) is 4.39 Å². The molecule has 0 unspecified atom stereocenters. The summed E-state index contributed by atoms with van der Waals surface area (Å²) in [7, 11) is 0. The minimum absolute atomic E-state index is 0.112. The van der Waals surface area contributed by atoms with E-state index in [4.69, 9.17) is 5.73 Å². The average molecular weight is 223 g/mol. The summed E-state index contributed by atoms with van der Waals surface area (Å²) in [6.07, 6.45) is 4.98. The van der Waals surface area contributed by atoms with Crippen molar-refractivity contribution in [2.45, 2.75) is 0 Å². The van der Waals surface area contributed by atoms with Gasteiger partial charge in [-0.3, -0.25) is 5.43 Å². The first kappa shape index (κ1) is 11.3. The molecule has 1 aromatic rings. The monoisotopic (exact) mass is 223 g/mol. The lowest BCUT2D eigenvalue weighted by molar-refractivity contribution is 0.628. The van der Waals surface area contributed by atoms with Gasteiger partial charge in [-0.05, 0) is 36.0 Å². The highest BCUT2D eigenvalue weighted by Crippen LogP contribution is 2.03. The molecule has 0 aliphatic carbocycles. The predicted molar refractivity (Wildman–Crippen MR) is 63.8 cm³/mol. The number of allylic oxidation sites excluding steroid dienone is 1. The van der Waals surface area contributed by atoms with Crippen molar-refractivity contribution in [1.29, 1.82) is 0 Å². The first-order chi connectivity index (χ1) is 7.18. The van der Waals surface area contributed by atoms with Crippen LogP contribution in [0.1, 0.15) is 5.56 Å². The van der Waals surface area contributed by atoms with Gasteiger partial charge in [-0.2, -0.15) is 5.10 Å². The van der Waals surface area contributed by atoms with Crippen molar-refractivity contribution in [1.82, 2.24) is 5.43 Å². The third kappa shape index (κ3) is 4.87. The highest BCUT2D eigenvalue weighted by Gasteiger charge is 1.87. The Morgan fingerprint density at radius 2 is 2.07 bits per heavy atom. The van der Waals surface area contributed by atoms with E-state index < -0.39 is 0 Å². The van der Waals surface area contributed by atoms with Gasteiger partial charge in [-0.25, -0.2) is 4.39 Å². The topological polar surface area (TPSA) is 50.4 Å². The van der Waals surface area contributed by atoms with Gasteiger partial charge >= 0.3 is 0 Å². The molecule has 0 aliphatic heterocycles. The molecule has 0 heterocycles. The number of thiocarbonyl (C=S) groups is 1. The highest BCUT2D eigenvalue weighted by molar-refractivity contribution is 7.80. The molecule has 15 heavy (non-hydrogen) atoms. The van der Waals surface area contributed by atoms with Crippen LogP contribution in [0.2, 0.25) is 0 Å². The third-order valence-electron chi connectivity index (χ3n) is 1.49. The van der Waals surface area contributed by atoms with Gasteiger partial charge in [0.1, 0.15) is 5.82 Å². The Balaban J connectivity index is 2.47. The molecule has 1 aromatic carbocycles. The van der Waals surface area contributed by atoms with Gasteiger partial charge in [0.2, 0.25) is 0 Å². The smallest absolute Gasteiger partial charge is 0.184 e. The van der Waals surface area contributed by atoms with E-state index in [0.29, 0.717) is 0 Å². The van der Waals surface area contributed by atoms with Gasteiger partial charge in [-0.1, -0.05) is 18.2 Å². The maximum absolute atomic E-state index is 12.5. The van der Waals surface area contributed by atoms with Crippen molar-refractivity contribution < 1.29 is 4.39 Å². The fourth-order valence-electron chi connectivity index (χ4n) is 0.872. The Kier molecular flexibility index (Phi) is 4.43. The standard InChI is InChI=1S/C10H10FN3S/c11-9-5-3-8(4-6-9)2-1-7-13-14-10(12)15/h1-7H,(H3,12,14,15)/b2-1+,13-7+. The van der Waals surface area contributed by atoms with Crippen LogP contribution < -0.4 is 11.2 Å². The van der Waals surface area contributed by atoms with Crippen LogP contribution in [-0.2, 0) is 0 Å². The maximum atomic E-state index is 12.5. The summed E-state index contributed by atoms with van der Waals surface area (Å²) in [5, 5.41) is 3.81. The molecule has 0 aromatic heterocycles. The number of hydrogen-bond donors (Lipinski definition) is 2. The van der Waals surface area contributed by atoms with E-state index in [0.717, 1.165) is 5.56 Å². The van der Waals surface area contributed by atoms with Crippen molar-refractivity contribution in [3.05, 3.63) is 41.7 Å². The molecular weight excluding hydrogens is 213 g/mol. The van der Waals surface area contributed by atoms with Crippen molar-refractivity contribution in [2.24, 2.45) is 10.8 Å². The van der Waals surface area contributed by atoms with Crippen LogP contribution in [0.5, 0.6) is 0 Å². The summed E-state index contributed by atoms with van der Waals surface area (Å²) in [4.78, 5) is 0. The Bertz CT molecular complexity index is 384. The SMILES string of the molecule is NC(=S)N/N=C/C=C/c1ccc(F)cc1. The number of hydrazone groups is 1. The average Bonchev–Trinajstić information content (AvgIpc) is 2.20. The van der Waals surface area contributed by atoms with Gasteiger partial charge in [0, 0.05) is 6.21 Å². The zero-order chi connectivity index (χ0) is 11.1. The molecule has 0 saturated heterocycles. The number of halogens is 1. The van der Waals surface area contributed by atoms with Crippen molar-refractivity contribution >= 4 is 29.6 Å². The molecule has 5 heteroatoms. The first-order valence-corrected chi connectivity index (χ1v) is 4.60. The van der Waals surface area contributed by atoms with Gasteiger partial charge in [0.15, 0.2) is 5.11 Å². The molecule has 3 nitrogen and oxygen atoms in total. The number of rotatable bonds is 3. The molecule has 0 saturated carbocycles. The van der Waals surface area contributed by atoms with E-state index in [1.807, 2.05) is 0 Å². The molecular formula is C10H10FN3S. The van der Waals surface area contributed by atoms with Crippen molar-refractivity contribution in [2.75, 3.05) is 0 Å². The van der Waals surface area contributed by atoms with Gasteiger partial charge < -0.3 is 5.73 Å². The summed E-state index contributed by atoms with van der Waals surface area (Å²) in [6.45, 7) is 0. The van der Waals surface area contributed by atoms with E-state index in [1.54, 1.807) is 24.3 Å². The van der Waals surface area contributed by atoms with Crippen molar-refractivity contribution in [3.63, 3.8) is 0 Å². The zero-order valence-electron chi connectivity index (χ0n) is 7.85. The molecule has 1 rings (SSSR count).